The van der Waals surface area contributed by atoms with Crippen molar-refractivity contribution in [2.45, 2.75) is 77.4 Å². The Balaban J connectivity index is 3.02. The number of hydrogen-bond donors (Lipinski definition) is 0. The molecular formula is C25H34O7. The predicted molar refractivity (Wildman–Crippen MR) is 121 cm³/mol. The Hall–Kier alpha value is -2.96. The van der Waals surface area contributed by atoms with Crippen LogP contribution in [0.3, 0.4) is 0 Å². The maximum Gasteiger partial charge on any atom is 0.305 e. The zero-order valence-electron chi connectivity index (χ0n) is 19.4. The fraction of sp³-hybridized carbons (Fsp3) is 0.520. The summed E-state index contributed by atoms with van der Waals surface area (Å²) in [5, 5.41) is 0. The molecule has 7 heteroatoms. The zero-order valence-corrected chi connectivity index (χ0v) is 19.4. The van der Waals surface area contributed by atoms with E-state index in [1.807, 2.05) is 12.2 Å². The summed E-state index contributed by atoms with van der Waals surface area (Å²) >= 11 is 0. The van der Waals surface area contributed by atoms with Crippen molar-refractivity contribution in [1.82, 2.24) is 0 Å². The van der Waals surface area contributed by atoms with Gasteiger partial charge >= 0.3 is 17.9 Å². The first kappa shape index (κ1) is 27.1. The Morgan fingerprint density at radius 3 is 2.50 bits per heavy atom. The molecule has 0 radical (unpaired) electrons. The zero-order chi connectivity index (χ0) is 24.0. The first-order valence-electron chi connectivity index (χ1n) is 10.9. The van der Waals surface area contributed by atoms with Gasteiger partial charge in [-0.1, -0.05) is 44.1 Å². The molecule has 32 heavy (non-hydrogen) atoms. The average Bonchev–Trinajstić information content (AvgIpc) is 3.03. The topological polar surface area (TPSA) is 96.0 Å². The molecule has 7 nitrogen and oxygen atoms in total. The maximum absolute atomic E-state index is 12.5. The molecular weight excluding hydrogens is 412 g/mol. The summed E-state index contributed by atoms with van der Waals surface area (Å²) in [7, 11) is 1.29. The summed E-state index contributed by atoms with van der Waals surface area (Å²) in [5.41, 5.74) is -0.853. The molecule has 0 heterocycles. The van der Waals surface area contributed by atoms with Gasteiger partial charge in [-0.2, -0.15) is 0 Å². The minimum Gasteiger partial charge on any atom is -0.469 e. The Morgan fingerprint density at radius 2 is 1.88 bits per heavy atom. The molecule has 0 saturated heterocycles. The molecule has 0 aromatic heterocycles. The molecule has 1 aliphatic rings. The van der Waals surface area contributed by atoms with Crippen LogP contribution in [0.25, 0.3) is 0 Å². The normalized spacial score (nSPS) is 20.2. The van der Waals surface area contributed by atoms with Crippen LogP contribution in [0.15, 0.2) is 48.1 Å². The standard InChI is InChI=1S/C25H34O7/c1-5-6-7-8-9-10-17-25(32-20(3)27)18-16-23(28)22(25)13-11-12-21(31-19(2)26)14-15-24(29)30-4/h9-13,16,18,21H,5-8,14-15,17H2,1-4H3/b10-9-,12-11-,22-13-/t21-,25-/m0/s1. The predicted octanol–water partition coefficient (Wildman–Crippen LogP) is 4.32. The number of carbonyl (C=O) groups excluding carboxylic acids is 4. The van der Waals surface area contributed by atoms with Crippen LogP contribution in [0, 0.1) is 0 Å². The second-order valence-corrected chi connectivity index (χ2v) is 7.58. The van der Waals surface area contributed by atoms with E-state index in [0.29, 0.717) is 12.0 Å². The van der Waals surface area contributed by atoms with E-state index in [4.69, 9.17) is 9.47 Å². The van der Waals surface area contributed by atoms with Crippen molar-refractivity contribution >= 4 is 23.7 Å². The van der Waals surface area contributed by atoms with Crippen molar-refractivity contribution in [3.63, 3.8) is 0 Å². The fourth-order valence-corrected chi connectivity index (χ4v) is 3.32. The number of unbranched alkanes of at least 4 members (excludes halogenated alkanes) is 3. The summed E-state index contributed by atoms with van der Waals surface area (Å²) < 4.78 is 15.4. The number of methoxy groups -OCH3 is 1. The average molecular weight is 447 g/mol. The second kappa shape index (κ2) is 14.2. The Labute approximate surface area is 190 Å². The molecule has 0 amide bonds. The molecule has 0 fully saturated rings. The molecule has 0 aromatic carbocycles. The molecule has 0 unspecified atom stereocenters. The summed E-state index contributed by atoms with van der Waals surface area (Å²) in [6.45, 7) is 4.72. The minimum absolute atomic E-state index is 0.0794. The van der Waals surface area contributed by atoms with Gasteiger partial charge in [-0.15, -0.1) is 0 Å². The lowest BCUT2D eigenvalue weighted by Gasteiger charge is -2.27. The van der Waals surface area contributed by atoms with Gasteiger partial charge in [0.25, 0.3) is 0 Å². The van der Waals surface area contributed by atoms with E-state index in [1.165, 1.54) is 27.0 Å². The molecule has 0 aliphatic heterocycles. The number of ether oxygens (including phenoxy) is 3. The quantitative estimate of drug-likeness (QED) is 0.137. The van der Waals surface area contributed by atoms with Crippen LogP contribution in [0.2, 0.25) is 0 Å². The van der Waals surface area contributed by atoms with Gasteiger partial charge in [0.15, 0.2) is 11.4 Å². The lowest BCUT2D eigenvalue weighted by Crippen LogP contribution is -2.33. The van der Waals surface area contributed by atoms with Crippen molar-refractivity contribution in [3.05, 3.63) is 48.1 Å². The highest BCUT2D eigenvalue weighted by Gasteiger charge is 2.41. The highest BCUT2D eigenvalue weighted by molar-refractivity contribution is 6.09. The van der Waals surface area contributed by atoms with Gasteiger partial charge in [-0.3, -0.25) is 19.2 Å². The van der Waals surface area contributed by atoms with Crippen LogP contribution < -0.4 is 0 Å². The Bertz CT molecular complexity index is 788. The Kier molecular flexibility index (Phi) is 12.0. The number of esters is 3. The van der Waals surface area contributed by atoms with Crippen LogP contribution in [-0.4, -0.2) is 42.5 Å². The first-order valence-corrected chi connectivity index (χ1v) is 10.9. The molecule has 0 aromatic rings. The number of rotatable bonds is 13. The third-order valence-corrected chi connectivity index (χ3v) is 4.88. The monoisotopic (exact) mass is 446 g/mol. The first-order chi connectivity index (χ1) is 15.2. The highest BCUT2D eigenvalue weighted by atomic mass is 16.6. The smallest absolute Gasteiger partial charge is 0.305 e. The number of allylic oxidation sites excluding steroid dienone is 4. The third kappa shape index (κ3) is 9.45. The van der Waals surface area contributed by atoms with Crippen LogP contribution in [0.5, 0.6) is 0 Å². The van der Waals surface area contributed by atoms with Gasteiger partial charge < -0.3 is 14.2 Å². The van der Waals surface area contributed by atoms with Crippen molar-refractivity contribution in [3.8, 4) is 0 Å². The van der Waals surface area contributed by atoms with Gasteiger partial charge in [0.2, 0.25) is 0 Å². The number of carbonyl (C=O) groups is 4. The van der Waals surface area contributed by atoms with E-state index in [1.54, 1.807) is 24.3 Å². The van der Waals surface area contributed by atoms with Gasteiger partial charge in [-0.25, -0.2) is 0 Å². The molecule has 1 aliphatic carbocycles. The molecule has 176 valence electrons. The molecule has 0 N–H and O–H groups in total. The van der Waals surface area contributed by atoms with Crippen LogP contribution in [0.4, 0.5) is 0 Å². The molecule has 2 atom stereocenters. The molecule has 1 rings (SSSR count). The van der Waals surface area contributed by atoms with Crippen molar-refractivity contribution in [2.24, 2.45) is 0 Å². The minimum atomic E-state index is -1.17. The van der Waals surface area contributed by atoms with E-state index >= 15 is 0 Å². The van der Waals surface area contributed by atoms with E-state index < -0.39 is 29.6 Å². The van der Waals surface area contributed by atoms with Gasteiger partial charge in [-0.05, 0) is 37.5 Å². The molecule has 0 saturated carbocycles. The van der Waals surface area contributed by atoms with Crippen molar-refractivity contribution in [1.29, 1.82) is 0 Å². The fourth-order valence-electron chi connectivity index (χ4n) is 3.32. The van der Waals surface area contributed by atoms with E-state index in [9.17, 15) is 19.2 Å². The van der Waals surface area contributed by atoms with Crippen molar-refractivity contribution < 1.29 is 33.4 Å². The lowest BCUT2D eigenvalue weighted by molar-refractivity contribution is -0.149. The van der Waals surface area contributed by atoms with E-state index in [-0.39, 0.29) is 18.6 Å². The van der Waals surface area contributed by atoms with Crippen LogP contribution in [-0.2, 0) is 33.4 Å². The molecule has 0 spiro atoms. The second-order valence-electron chi connectivity index (χ2n) is 7.58. The van der Waals surface area contributed by atoms with Gasteiger partial charge in [0.1, 0.15) is 6.10 Å². The SMILES string of the molecule is CCCCC/C=C\C[C@]1(OC(C)=O)C=CC(=O)/C1=C/C=C\[C@@H](CCC(=O)OC)OC(C)=O. The van der Waals surface area contributed by atoms with E-state index in [2.05, 4.69) is 11.7 Å². The lowest BCUT2D eigenvalue weighted by atomic mass is 9.91. The summed E-state index contributed by atoms with van der Waals surface area (Å²) in [4.78, 5) is 47.0. The number of ketones is 1. The number of hydrogen-bond acceptors (Lipinski definition) is 7. The largest absolute Gasteiger partial charge is 0.469 e. The summed E-state index contributed by atoms with van der Waals surface area (Å²) in [5.74, 6) is -1.65. The third-order valence-electron chi connectivity index (χ3n) is 4.88. The highest BCUT2D eigenvalue weighted by Crippen LogP contribution is 2.34. The van der Waals surface area contributed by atoms with Crippen LogP contribution in [0.1, 0.15) is 65.7 Å². The van der Waals surface area contributed by atoms with Gasteiger partial charge in [0, 0.05) is 32.3 Å². The van der Waals surface area contributed by atoms with Gasteiger partial charge in [0.05, 0.1) is 7.11 Å². The van der Waals surface area contributed by atoms with E-state index in [0.717, 1.165) is 25.7 Å². The van der Waals surface area contributed by atoms with Crippen molar-refractivity contribution in [2.75, 3.05) is 7.11 Å². The summed E-state index contributed by atoms with van der Waals surface area (Å²) in [6.07, 6.45) is 16.0. The molecule has 0 bridgehead atoms. The van der Waals surface area contributed by atoms with Crippen LogP contribution >= 0.6 is 0 Å². The maximum atomic E-state index is 12.5. The summed E-state index contributed by atoms with van der Waals surface area (Å²) in [6, 6.07) is 0. The Morgan fingerprint density at radius 1 is 1.12 bits per heavy atom.